The average molecular weight is 520 g/mol. The van der Waals surface area contributed by atoms with Crippen LogP contribution in [0.1, 0.15) is 39.4 Å². The molecule has 1 unspecified atom stereocenters. The van der Waals surface area contributed by atoms with Crippen molar-refractivity contribution in [2.75, 3.05) is 13.1 Å². The number of hydrogen-bond acceptors (Lipinski definition) is 6. The van der Waals surface area contributed by atoms with Crippen LogP contribution in [0.4, 0.5) is 0 Å². The Bertz CT molecular complexity index is 1310. The van der Waals surface area contributed by atoms with E-state index in [1.165, 1.54) is 11.0 Å². The number of nitrogens with one attached hydrogen (secondary N) is 2. The fourth-order valence-corrected chi connectivity index (χ4v) is 4.47. The smallest absolute Gasteiger partial charge is 0.332 e. The van der Waals surface area contributed by atoms with Crippen LogP contribution in [0.2, 0.25) is 0 Å². The van der Waals surface area contributed by atoms with Gasteiger partial charge in [-0.3, -0.25) is 19.5 Å². The molecule has 0 bridgehead atoms. The van der Waals surface area contributed by atoms with E-state index in [1.54, 1.807) is 0 Å². The number of carboxylic acid groups (broad SMARTS) is 1. The zero-order chi connectivity index (χ0) is 27.2. The second kappa shape index (κ2) is 11.7. The molecule has 198 valence electrons. The van der Waals surface area contributed by atoms with Crippen molar-refractivity contribution in [3.63, 3.8) is 0 Å². The zero-order valence-corrected chi connectivity index (χ0v) is 20.5. The zero-order valence-electron chi connectivity index (χ0n) is 20.5. The SMILES string of the molecule is NC(=O)C1CCN(C(=O)c2cc(C(=O)N[C@H](Cc3ccc(-c4ccccc4)cc3)C[C@H](O)C(=O)O)n[nH]2)C1. The van der Waals surface area contributed by atoms with Crippen LogP contribution < -0.4 is 11.1 Å². The maximum absolute atomic E-state index is 12.9. The number of aromatic amines is 1. The van der Waals surface area contributed by atoms with Crippen molar-refractivity contribution in [3.8, 4) is 11.1 Å². The van der Waals surface area contributed by atoms with Gasteiger partial charge in [0.1, 0.15) is 5.69 Å². The number of aliphatic hydroxyl groups is 1. The molecule has 1 aliphatic rings. The van der Waals surface area contributed by atoms with Gasteiger partial charge in [0.15, 0.2) is 11.8 Å². The van der Waals surface area contributed by atoms with Gasteiger partial charge in [0.05, 0.1) is 5.92 Å². The van der Waals surface area contributed by atoms with Crippen molar-refractivity contribution in [1.29, 1.82) is 0 Å². The van der Waals surface area contributed by atoms with Crippen LogP contribution in [0.3, 0.4) is 0 Å². The third-order valence-electron chi connectivity index (χ3n) is 6.59. The number of H-pyrrole nitrogens is 1. The number of likely N-dealkylation sites (tertiary alicyclic amines) is 1. The van der Waals surface area contributed by atoms with Gasteiger partial charge in [0.2, 0.25) is 5.91 Å². The molecule has 1 fully saturated rings. The number of carboxylic acids is 1. The number of nitrogens with zero attached hydrogens (tertiary/aromatic N) is 2. The Morgan fingerprint density at radius 2 is 1.76 bits per heavy atom. The lowest BCUT2D eigenvalue weighted by Crippen LogP contribution is -2.40. The molecule has 6 N–H and O–H groups in total. The number of carbonyl (C=O) groups excluding carboxylic acids is 3. The highest BCUT2D eigenvalue weighted by atomic mass is 16.4. The molecule has 0 radical (unpaired) electrons. The number of nitrogens with two attached hydrogens (primary N) is 1. The van der Waals surface area contributed by atoms with Crippen molar-refractivity contribution < 1.29 is 29.4 Å². The third kappa shape index (κ3) is 6.43. The summed E-state index contributed by atoms with van der Waals surface area (Å²) in [6, 6.07) is 18.0. The predicted molar refractivity (Wildman–Crippen MR) is 137 cm³/mol. The van der Waals surface area contributed by atoms with E-state index in [0.29, 0.717) is 13.0 Å². The monoisotopic (exact) mass is 519 g/mol. The van der Waals surface area contributed by atoms with Crippen LogP contribution in [0.5, 0.6) is 0 Å². The molecule has 0 aliphatic carbocycles. The maximum atomic E-state index is 12.9. The lowest BCUT2D eigenvalue weighted by atomic mass is 9.97. The minimum absolute atomic E-state index is 0.0618. The quantitative estimate of drug-likeness (QED) is 0.267. The van der Waals surface area contributed by atoms with E-state index >= 15 is 0 Å². The highest BCUT2D eigenvalue weighted by Gasteiger charge is 2.31. The maximum Gasteiger partial charge on any atom is 0.332 e. The molecule has 38 heavy (non-hydrogen) atoms. The summed E-state index contributed by atoms with van der Waals surface area (Å²) in [6.45, 7) is 0.568. The van der Waals surface area contributed by atoms with Crippen molar-refractivity contribution in [2.24, 2.45) is 11.7 Å². The van der Waals surface area contributed by atoms with Crippen molar-refractivity contribution in [2.45, 2.75) is 31.4 Å². The summed E-state index contributed by atoms with van der Waals surface area (Å²) >= 11 is 0. The van der Waals surface area contributed by atoms with E-state index < -0.39 is 41.8 Å². The minimum atomic E-state index is -1.67. The Hall–Kier alpha value is -4.51. The number of carbonyl (C=O) groups is 4. The van der Waals surface area contributed by atoms with Gasteiger partial charge < -0.3 is 26.2 Å². The Morgan fingerprint density at radius 3 is 2.39 bits per heavy atom. The Morgan fingerprint density at radius 1 is 1.08 bits per heavy atom. The summed E-state index contributed by atoms with van der Waals surface area (Å²) in [4.78, 5) is 49.8. The first-order valence-corrected chi connectivity index (χ1v) is 12.2. The Kier molecular flexibility index (Phi) is 8.17. The molecule has 2 heterocycles. The van der Waals surface area contributed by atoms with Crippen molar-refractivity contribution >= 4 is 23.7 Å². The molecule has 11 nitrogen and oxygen atoms in total. The normalized spacial score (nSPS) is 16.6. The number of primary amides is 1. The van der Waals surface area contributed by atoms with E-state index in [-0.39, 0.29) is 30.8 Å². The molecule has 1 aromatic heterocycles. The molecular weight excluding hydrogens is 490 g/mol. The molecule has 3 amide bonds. The topological polar surface area (TPSA) is 179 Å². The van der Waals surface area contributed by atoms with Crippen LogP contribution in [0.15, 0.2) is 60.7 Å². The van der Waals surface area contributed by atoms with Crippen LogP contribution in [0.25, 0.3) is 11.1 Å². The van der Waals surface area contributed by atoms with Gasteiger partial charge >= 0.3 is 5.97 Å². The van der Waals surface area contributed by atoms with E-state index in [0.717, 1.165) is 16.7 Å². The largest absolute Gasteiger partial charge is 0.479 e. The van der Waals surface area contributed by atoms with E-state index in [4.69, 9.17) is 5.73 Å². The van der Waals surface area contributed by atoms with E-state index in [9.17, 15) is 29.4 Å². The second-order valence-electron chi connectivity index (χ2n) is 9.33. The first-order valence-electron chi connectivity index (χ1n) is 12.2. The lowest BCUT2D eigenvalue weighted by Gasteiger charge is -2.20. The number of aromatic nitrogens is 2. The fraction of sp³-hybridized carbons (Fsp3) is 0.296. The molecule has 1 saturated heterocycles. The van der Waals surface area contributed by atoms with Gasteiger partial charge in [-0.05, 0) is 29.5 Å². The standard InChI is InChI=1S/C27H29N5O6/c28-24(34)19-10-11-32(15-19)26(36)22-14-21(30-31-22)25(35)29-20(13-23(33)27(37)38)12-16-6-8-18(9-7-16)17-4-2-1-3-5-17/h1-9,14,19-20,23,33H,10-13,15H2,(H2,28,34)(H,29,35)(H,30,31)(H,37,38)/t19?,20-,23+/m1/s1. The van der Waals surface area contributed by atoms with Gasteiger partial charge in [0.25, 0.3) is 11.8 Å². The number of benzene rings is 2. The molecule has 4 rings (SSSR count). The first-order chi connectivity index (χ1) is 18.2. The van der Waals surface area contributed by atoms with Gasteiger partial charge in [-0.25, -0.2) is 4.79 Å². The molecule has 11 heteroatoms. The third-order valence-corrected chi connectivity index (χ3v) is 6.59. The number of rotatable bonds is 10. The molecule has 3 atom stereocenters. The average Bonchev–Trinajstić information content (AvgIpc) is 3.60. The predicted octanol–water partition coefficient (Wildman–Crippen LogP) is 1.20. The van der Waals surface area contributed by atoms with Crippen molar-refractivity contribution in [1.82, 2.24) is 20.4 Å². The number of amides is 3. The Labute approximate surface area is 218 Å². The number of hydrogen-bond donors (Lipinski definition) is 5. The van der Waals surface area contributed by atoms with E-state index in [2.05, 4.69) is 15.5 Å². The summed E-state index contributed by atoms with van der Waals surface area (Å²) in [7, 11) is 0. The van der Waals surface area contributed by atoms with Crippen LogP contribution in [0, 0.1) is 5.92 Å². The lowest BCUT2D eigenvalue weighted by molar-refractivity contribution is -0.147. The molecule has 1 aliphatic heterocycles. The number of aliphatic hydroxyl groups excluding tert-OH is 1. The summed E-state index contributed by atoms with van der Waals surface area (Å²) in [5.74, 6) is -3.30. The molecule has 3 aromatic rings. The summed E-state index contributed by atoms with van der Waals surface area (Å²) < 4.78 is 0. The van der Waals surface area contributed by atoms with E-state index in [1.807, 2.05) is 54.6 Å². The fourth-order valence-electron chi connectivity index (χ4n) is 4.47. The summed E-state index contributed by atoms with van der Waals surface area (Å²) in [6.07, 6.45) is -1.15. The molecule has 0 saturated carbocycles. The molecule has 2 aromatic carbocycles. The number of aliphatic carboxylic acids is 1. The van der Waals surface area contributed by atoms with Gasteiger partial charge in [-0.2, -0.15) is 5.10 Å². The van der Waals surface area contributed by atoms with Crippen LogP contribution in [-0.2, 0) is 16.0 Å². The van der Waals surface area contributed by atoms with Gasteiger partial charge in [0, 0.05) is 31.6 Å². The summed E-state index contributed by atoms with van der Waals surface area (Å²) in [5.41, 5.74) is 8.24. The van der Waals surface area contributed by atoms with Gasteiger partial charge in [-0.1, -0.05) is 54.6 Å². The first kappa shape index (κ1) is 26.6. The highest BCUT2D eigenvalue weighted by molar-refractivity contribution is 5.98. The van der Waals surface area contributed by atoms with Crippen LogP contribution >= 0.6 is 0 Å². The van der Waals surface area contributed by atoms with Gasteiger partial charge in [-0.15, -0.1) is 0 Å². The second-order valence-corrected chi connectivity index (χ2v) is 9.33. The summed E-state index contributed by atoms with van der Waals surface area (Å²) in [5, 5.41) is 28.3. The highest BCUT2D eigenvalue weighted by Crippen LogP contribution is 2.21. The Balaban J connectivity index is 1.43. The van der Waals surface area contributed by atoms with Crippen molar-refractivity contribution in [3.05, 3.63) is 77.6 Å². The molecular formula is C27H29N5O6. The minimum Gasteiger partial charge on any atom is -0.479 e. The molecule has 0 spiro atoms. The van der Waals surface area contributed by atoms with Crippen LogP contribution in [-0.4, -0.2) is 74.2 Å².